The number of aliphatic hydroxyl groups is 1. The van der Waals surface area contributed by atoms with Gasteiger partial charge >= 0.3 is 0 Å². The molecule has 0 aliphatic carbocycles. The van der Waals surface area contributed by atoms with E-state index in [1.165, 1.54) is 4.90 Å². The molecule has 32 heavy (non-hydrogen) atoms. The van der Waals surface area contributed by atoms with E-state index in [9.17, 15) is 14.7 Å². The second kappa shape index (κ2) is 8.38. The Morgan fingerprint density at radius 2 is 1.59 bits per heavy atom. The Balaban J connectivity index is 1.85. The minimum absolute atomic E-state index is 0.0403. The first kappa shape index (κ1) is 21.4. The van der Waals surface area contributed by atoms with Crippen LogP contribution in [0.2, 0.25) is 0 Å². The van der Waals surface area contributed by atoms with Gasteiger partial charge in [-0.3, -0.25) is 14.5 Å². The lowest BCUT2D eigenvalue weighted by Crippen LogP contribution is -2.32. The van der Waals surface area contributed by atoms with Crippen LogP contribution in [0.4, 0.5) is 5.82 Å². The Labute approximate surface area is 187 Å². The predicted molar refractivity (Wildman–Crippen MR) is 123 cm³/mol. The largest absolute Gasteiger partial charge is 0.503 e. The molecule has 0 bridgehead atoms. The van der Waals surface area contributed by atoms with Gasteiger partial charge in [0.1, 0.15) is 0 Å². The molecule has 6 nitrogen and oxygen atoms in total. The standard InChI is InChI=1S/C26H25N3O3/c1-15(2)18-10-12-19(13-11-18)23-22(24(30)20-8-5-16(3)6-9-20)25(31)26(32)29(23)21-14-7-17(4)27-28-21/h5-15,23,31H,1-4H3. The number of carbonyl (C=O) groups is 2. The number of nitrogens with zero attached hydrogens (tertiary/aromatic N) is 3. The first-order valence-electron chi connectivity index (χ1n) is 10.6. The van der Waals surface area contributed by atoms with Crippen LogP contribution < -0.4 is 4.90 Å². The number of carbonyl (C=O) groups excluding carboxylic acids is 2. The Morgan fingerprint density at radius 1 is 0.938 bits per heavy atom. The number of ketones is 1. The van der Waals surface area contributed by atoms with Crippen LogP contribution in [-0.2, 0) is 4.79 Å². The SMILES string of the molecule is Cc1ccc(C(=O)C2=C(O)C(=O)N(c3ccc(C)nn3)C2c2ccc(C(C)C)cc2)cc1. The summed E-state index contributed by atoms with van der Waals surface area (Å²) in [7, 11) is 0. The van der Waals surface area contributed by atoms with Gasteiger partial charge in [0.15, 0.2) is 17.4 Å². The van der Waals surface area contributed by atoms with E-state index in [0.717, 1.165) is 11.1 Å². The molecule has 0 saturated heterocycles. The van der Waals surface area contributed by atoms with E-state index < -0.39 is 23.5 Å². The van der Waals surface area contributed by atoms with Gasteiger partial charge in [0.05, 0.1) is 17.3 Å². The molecule has 0 radical (unpaired) electrons. The minimum Gasteiger partial charge on any atom is -0.503 e. The van der Waals surface area contributed by atoms with Crippen molar-refractivity contribution in [1.29, 1.82) is 0 Å². The second-order valence-corrected chi connectivity index (χ2v) is 8.39. The number of amides is 1. The quantitative estimate of drug-likeness (QED) is 0.580. The van der Waals surface area contributed by atoms with E-state index in [0.29, 0.717) is 22.7 Å². The molecule has 0 saturated carbocycles. The first-order valence-corrected chi connectivity index (χ1v) is 10.6. The van der Waals surface area contributed by atoms with Gasteiger partial charge in [-0.05, 0) is 43.0 Å². The van der Waals surface area contributed by atoms with Crippen LogP contribution in [0.1, 0.15) is 58.5 Å². The number of anilines is 1. The molecule has 0 fully saturated rings. The lowest BCUT2D eigenvalue weighted by atomic mass is 9.91. The van der Waals surface area contributed by atoms with Gasteiger partial charge in [-0.15, -0.1) is 5.10 Å². The number of hydrogen-bond acceptors (Lipinski definition) is 5. The monoisotopic (exact) mass is 427 g/mol. The van der Waals surface area contributed by atoms with Gasteiger partial charge in [0.2, 0.25) is 0 Å². The fourth-order valence-electron chi connectivity index (χ4n) is 3.83. The molecule has 1 aliphatic rings. The van der Waals surface area contributed by atoms with Crippen molar-refractivity contribution in [3.63, 3.8) is 0 Å². The highest BCUT2D eigenvalue weighted by molar-refractivity contribution is 6.20. The number of Topliss-reactive ketones (excluding diaryl/α,β-unsaturated/α-hetero) is 1. The van der Waals surface area contributed by atoms with Crippen molar-refractivity contribution < 1.29 is 14.7 Å². The van der Waals surface area contributed by atoms with Crippen molar-refractivity contribution in [2.24, 2.45) is 0 Å². The highest BCUT2D eigenvalue weighted by Gasteiger charge is 2.45. The lowest BCUT2D eigenvalue weighted by Gasteiger charge is -2.26. The Hall–Kier alpha value is -3.80. The van der Waals surface area contributed by atoms with Crippen molar-refractivity contribution in [1.82, 2.24) is 10.2 Å². The summed E-state index contributed by atoms with van der Waals surface area (Å²) in [5, 5.41) is 19.0. The van der Waals surface area contributed by atoms with Crippen LogP contribution in [0.3, 0.4) is 0 Å². The number of aliphatic hydroxyl groups excluding tert-OH is 1. The minimum atomic E-state index is -0.811. The summed E-state index contributed by atoms with van der Waals surface area (Å²) >= 11 is 0. The molecule has 1 amide bonds. The maximum atomic E-state index is 13.5. The molecule has 1 aliphatic heterocycles. The average Bonchev–Trinajstić information content (AvgIpc) is 3.05. The van der Waals surface area contributed by atoms with Crippen LogP contribution >= 0.6 is 0 Å². The molecule has 162 valence electrons. The smallest absolute Gasteiger partial charge is 0.295 e. The van der Waals surface area contributed by atoms with Crippen LogP contribution in [0.5, 0.6) is 0 Å². The molecule has 6 heteroatoms. The number of rotatable bonds is 5. The number of aryl methyl sites for hydroxylation is 2. The van der Waals surface area contributed by atoms with Gasteiger partial charge in [-0.25, -0.2) is 0 Å². The summed E-state index contributed by atoms with van der Waals surface area (Å²) in [4.78, 5) is 28.0. The number of aromatic nitrogens is 2. The highest BCUT2D eigenvalue weighted by Crippen LogP contribution is 2.41. The zero-order chi connectivity index (χ0) is 23.0. The molecule has 0 spiro atoms. The second-order valence-electron chi connectivity index (χ2n) is 8.39. The summed E-state index contributed by atoms with van der Waals surface area (Å²) in [5.41, 5.74) is 4.01. The molecule has 2 aromatic carbocycles. The van der Waals surface area contributed by atoms with Crippen LogP contribution in [0.25, 0.3) is 0 Å². The van der Waals surface area contributed by atoms with E-state index >= 15 is 0 Å². The Morgan fingerprint density at radius 3 is 2.16 bits per heavy atom. The van der Waals surface area contributed by atoms with E-state index in [1.54, 1.807) is 31.2 Å². The third kappa shape index (κ3) is 3.80. The third-order valence-electron chi connectivity index (χ3n) is 5.72. The van der Waals surface area contributed by atoms with Crippen molar-refractivity contribution >= 4 is 17.5 Å². The molecule has 1 atom stereocenters. The van der Waals surface area contributed by atoms with Gasteiger partial charge in [-0.1, -0.05) is 67.9 Å². The summed E-state index contributed by atoms with van der Waals surface area (Å²) in [6.07, 6.45) is 0. The summed E-state index contributed by atoms with van der Waals surface area (Å²) < 4.78 is 0. The molecule has 3 aromatic rings. The van der Waals surface area contributed by atoms with E-state index in [4.69, 9.17) is 0 Å². The zero-order valence-electron chi connectivity index (χ0n) is 18.5. The summed E-state index contributed by atoms with van der Waals surface area (Å²) in [6, 6.07) is 17.4. The molecular weight excluding hydrogens is 402 g/mol. The topological polar surface area (TPSA) is 83.4 Å². The van der Waals surface area contributed by atoms with E-state index in [-0.39, 0.29) is 11.4 Å². The van der Waals surface area contributed by atoms with Crippen molar-refractivity contribution in [3.8, 4) is 0 Å². The number of benzene rings is 2. The predicted octanol–water partition coefficient (Wildman–Crippen LogP) is 5.00. The zero-order valence-corrected chi connectivity index (χ0v) is 18.5. The first-order chi connectivity index (χ1) is 15.3. The van der Waals surface area contributed by atoms with Crippen LogP contribution in [-0.4, -0.2) is 27.0 Å². The maximum absolute atomic E-state index is 13.5. The molecule has 4 rings (SSSR count). The van der Waals surface area contributed by atoms with E-state index in [2.05, 4.69) is 24.0 Å². The van der Waals surface area contributed by atoms with Crippen LogP contribution in [0.15, 0.2) is 72.0 Å². The summed E-state index contributed by atoms with van der Waals surface area (Å²) in [6.45, 7) is 7.93. The highest BCUT2D eigenvalue weighted by atomic mass is 16.3. The van der Waals surface area contributed by atoms with Gasteiger partial charge in [0.25, 0.3) is 5.91 Å². The Kier molecular flexibility index (Phi) is 5.61. The van der Waals surface area contributed by atoms with Crippen molar-refractivity contribution in [2.45, 2.75) is 39.7 Å². The normalized spacial score (nSPS) is 16.2. The Bertz CT molecular complexity index is 1190. The fraction of sp³-hybridized carbons (Fsp3) is 0.231. The lowest BCUT2D eigenvalue weighted by molar-refractivity contribution is -0.117. The van der Waals surface area contributed by atoms with Crippen LogP contribution in [0, 0.1) is 13.8 Å². The van der Waals surface area contributed by atoms with Gasteiger partial charge in [0, 0.05) is 5.56 Å². The summed E-state index contributed by atoms with van der Waals surface area (Å²) in [5.74, 6) is -1.01. The fourth-order valence-corrected chi connectivity index (χ4v) is 3.83. The van der Waals surface area contributed by atoms with Gasteiger partial charge < -0.3 is 5.11 Å². The van der Waals surface area contributed by atoms with Crippen molar-refractivity contribution in [2.75, 3.05) is 4.90 Å². The maximum Gasteiger partial charge on any atom is 0.295 e. The average molecular weight is 428 g/mol. The molecule has 2 heterocycles. The molecule has 1 aromatic heterocycles. The third-order valence-corrected chi connectivity index (χ3v) is 5.72. The molecule has 1 N–H and O–H groups in total. The number of hydrogen-bond donors (Lipinski definition) is 1. The van der Waals surface area contributed by atoms with E-state index in [1.807, 2.05) is 43.3 Å². The molecular formula is C26H25N3O3. The molecule has 1 unspecified atom stereocenters. The van der Waals surface area contributed by atoms with Gasteiger partial charge in [-0.2, -0.15) is 5.10 Å². The van der Waals surface area contributed by atoms with Crippen molar-refractivity contribution in [3.05, 3.63) is 99.9 Å².